The maximum atomic E-state index is 13.4. The van der Waals surface area contributed by atoms with Gasteiger partial charge in [-0.2, -0.15) is 4.39 Å². The molecule has 0 N–H and O–H groups in total. The first-order valence-corrected chi connectivity index (χ1v) is 5.39. The van der Waals surface area contributed by atoms with Gasteiger partial charge in [0.2, 0.25) is 5.95 Å². The lowest BCUT2D eigenvalue weighted by molar-refractivity contribution is -0.118. The van der Waals surface area contributed by atoms with Gasteiger partial charge in [0, 0.05) is 24.6 Å². The second-order valence-electron chi connectivity index (χ2n) is 4.05. The number of hydrogen-bond acceptors (Lipinski definition) is 2. The molecule has 15 heavy (non-hydrogen) atoms. The lowest BCUT2D eigenvalue weighted by Crippen LogP contribution is -2.02. The summed E-state index contributed by atoms with van der Waals surface area (Å²) in [6.07, 6.45) is 5.23. The number of hydrogen-bond donors (Lipinski definition) is 0. The number of carbonyl (C=O) groups excluding carboxylic acids is 1. The maximum Gasteiger partial charge on any atom is 0.216 e. The highest BCUT2D eigenvalue weighted by atomic mass is 19.1. The lowest BCUT2D eigenvalue weighted by Gasteiger charge is -2.13. The second-order valence-corrected chi connectivity index (χ2v) is 4.05. The number of Topliss-reactive ketones (excluding diaryl/α,β-unsaturated/α-hetero) is 1. The van der Waals surface area contributed by atoms with Gasteiger partial charge in [-0.15, -0.1) is 0 Å². The Bertz CT molecular complexity index is 364. The van der Waals surface area contributed by atoms with Crippen LogP contribution in [0, 0.1) is 5.95 Å². The van der Waals surface area contributed by atoms with Gasteiger partial charge in [-0.3, -0.25) is 4.79 Å². The topological polar surface area (TPSA) is 30.0 Å². The van der Waals surface area contributed by atoms with Gasteiger partial charge in [0.1, 0.15) is 5.78 Å². The smallest absolute Gasteiger partial charge is 0.216 e. The second kappa shape index (κ2) is 4.51. The molecule has 0 spiro atoms. The summed E-state index contributed by atoms with van der Waals surface area (Å²) in [5.74, 6) is 0.101. The molecule has 1 saturated carbocycles. The molecule has 0 bridgehead atoms. The van der Waals surface area contributed by atoms with E-state index in [9.17, 15) is 9.18 Å². The van der Waals surface area contributed by atoms with Crippen LogP contribution in [0.1, 0.15) is 43.6 Å². The predicted molar refractivity (Wildman–Crippen MR) is 55.0 cm³/mol. The zero-order valence-electron chi connectivity index (χ0n) is 8.58. The van der Waals surface area contributed by atoms with Crippen LogP contribution in [-0.4, -0.2) is 10.8 Å². The van der Waals surface area contributed by atoms with Crippen LogP contribution in [-0.2, 0) is 4.79 Å². The van der Waals surface area contributed by atoms with Crippen LogP contribution in [0.25, 0.3) is 0 Å². The minimum absolute atomic E-state index is 0.171. The van der Waals surface area contributed by atoms with Crippen LogP contribution >= 0.6 is 0 Å². The summed E-state index contributed by atoms with van der Waals surface area (Å²) < 4.78 is 13.4. The van der Waals surface area contributed by atoms with Gasteiger partial charge in [0.25, 0.3) is 0 Å². The number of ketones is 1. The molecule has 1 aliphatic rings. The van der Waals surface area contributed by atoms with Crippen LogP contribution in [0.5, 0.6) is 0 Å². The molecule has 1 heterocycles. The quantitative estimate of drug-likeness (QED) is 0.523. The number of halogens is 1. The summed E-state index contributed by atoms with van der Waals surface area (Å²) in [5.41, 5.74) is 0.673. The zero-order valence-corrected chi connectivity index (χ0v) is 8.58. The first-order chi connectivity index (χ1) is 7.27. The SMILES string of the molecule is O=C1CCCC(c2cccnc2F)CC1. The monoisotopic (exact) mass is 207 g/mol. The molecule has 2 nitrogen and oxygen atoms in total. The van der Waals surface area contributed by atoms with E-state index in [0.29, 0.717) is 24.2 Å². The Kier molecular flexibility index (Phi) is 3.09. The summed E-state index contributed by atoms with van der Waals surface area (Å²) in [4.78, 5) is 14.9. The summed E-state index contributed by atoms with van der Waals surface area (Å²) in [5, 5.41) is 0. The molecule has 1 atom stereocenters. The summed E-state index contributed by atoms with van der Waals surface area (Å²) in [7, 11) is 0. The van der Waals surface area contributed by atoms with Crippen molar-refractivity contribution < 1.29 is 9.18 Å². The summed E-state index contributed by atoms with van der Waals surface area (Å²) in [6.45, 7) is 0. The van der Waals surface area contributed by atoms with E-state index >= 15 is 0 Å². The van der Waals surface area contributed by atoms with Crippen molar-refractivity contribution in [1.82, 2.24) is 4.98 Å². The normalized spacial score (nSPS) is 22.5. The van der Waals surface area contributed by atoms with Gasteiger partial charge in [0.15, 0.2) is 0 Å². The van der Waals surface area contributed by atoms with Gasteiger partial charge in [0.05, 0.1) is 0 Å². The van der Waals surface area contributed by atoms with Gasteiger partial charge in [-0.25, -0.2) is 4.98 Å². The number of pyridine rings is 1. The van der Waals surface area contributed by atoms with Crippen molar-refractivity contribution in [3.05, 3.63) is 29.8 Å². The third kappa shape index (κ3) is 2.41. The Morgan fingerprint density at radius 2 is 2.20 bits per heavy atom. The molecule has 0 aliphatic heterocycles. The number of nitrogens with zero attached hydrogens (tertiary/aromatic N) is 1. The number of aromatic nitrogens is 1. The molecule has 0 amide bonds. The molecule has 2 rings (SSSR count). The molecule has 1 fully saturated rings. The third-order valence-electron chi connectivity index (χ3n) is 3.01. The van der Waals surface area contributed by atoms with Crippen molar-refractivity contribution in [3.63, 3.8) is 0 Å². The molecule has 0 aromatic carbocycles. The zero-order chi connectivity index (χ0) is 10.7. The predicted octanol–water partition coefficient (Wildman–Crippen LogP) is 2.84. The van der Waals surface area contributed by atoms with Crippen LogP contribution < -0.4 is 0 Å². The van der Waals surface area contributed by atoms with Gasteiger partial charge in [-0.05, 0) is 31.2 Å². The van der Waals surface area contributed by atoms with E-state index in [0.717, 1.165) is 19.3 Å². The van der Waals surface area contributed by atoms with Crippen LogP contribution in [0.2, 0.25) is 0 Å². The fourth-order valence-corrected chi connectivity index (χ4v) is 2.16. The molecular weight excluding hydrogens is 193 g/mol. The van der Waals surface area contributed by atoms with E-state index < -0.39 is 0 Å². The van der Waals surface area contributed by atoms with Crippen molar-refractivity contribution >= 4 is 5.78 Å². The molecule has 0 saturated heterocycles. The average Bonchev–Trinajstić information content (AvgIpc) is 2.44. The average molecular weight is 207 g/mol. The van der Waals surface area contributed by atoms with Crippen molar-refractivity contribution in [2.45, 2.75) is 38.0 Å². The van der Waals surface area contributed by atoms with Crippen molar-refractivity contribution in [2.24, 2.45) is 0 Å². The highest BCUT2D eigenvalue weighted by Crippen LogP contribution is 2.31. The van der Waals surface area contributed by atoms with E-state index in [1.807, 2.05) is 0 Å². The van der Waals surface area contributed by atoms with Crippen LogP contribution in [0.15, 0.2) is 18.3 Å². The number of carbonyl (C=O) groups is 1. The summed E-state index contributed by atoms with van der Waals surface area (Å²) in [6, 6.07) is 3.54. The van der Waals surface area contributed by atoms with Crippen molar-refractivity contribution in [2.75, 3.05) is 0 Å². The molecule has 80 valence electrons. The van der Waals surface area contributed by atoms with Crippen LogP contribution in [0.4, 0.5) is 4.39 Å². The van der Waals surface area contributed by atoms with Gasteiger partial charge >= 0.3 is 0 Å². The Morgan fingerprint density at radius 1 is 1.33 bits per heavy atom. The van der Waals surface area contributed by atoms with Crippen molar-refractivity contribution in [1.29, 1.82) is 0 Å². The molecule has 3 heteroatoms. The van der Waals surface area contributed by atoms with E-state index in [2.05, 4.69) is 4.98 Å². The third-order valence-corrected chi connectivity index (χ3v) is 3.01. The molecular formula is C12H14FNO. The van der Waals surface area contributed by atoms with Gasteiger partial charge < -0.3 is 0 Å². The number of rotatable bonds is 1. The first-order valence-electron chi connectivity index (χ1n) is 5.39. The molecule has 0 radical (unpaired) electrons. The largest absolute Gasteiger partial charge is 0.300 e. The summed E-state index contributed by atoms with van der Waals surface area (Å²) >= 11 is 0. The van der Waals surface area contributed by atoms with E-state index in [1.54, 1.807) is 12.1 Å². The lowest BCUT2D eigenvalue weighted by atomic mass is 9.93. The Morgan fingerprint density at radius 3 is 3.00 bits per heavy atom. The highest BCUT2D eigenvalue weighted by Gasteiger charge is 2.20. The molecule has 1 aliphatic carbocycles. The van der Waals surface area contributed by atoms with Gasteiger partial charge in [-0.1, -0.05) is 6.07 Å². The molecule has 1 aromatic rings. The standard InChI is InChI=1S/C12H14FNO/c13-12-11(5-2-8-14-12)9-3-1-4-10(15)7-6-9/h2,5,8-9H,1,3-4,6-7H2. The highest BCUT2D eigenvalue weighted by molar-refractivity contribution is 5.78. The Balaban J connectivity index is 2.16. The van der Waals surface area contributed by atoms with E-state index in [4.69, 9.17) is 0 Å². The fourth-order valence-electron chi connectivity index (χ4n) is 2.16. The van der Waals surface area contributed by atoms with Crippen LogP contribution in [0.3, 0.4) is 0 Å². The van der Waals surface area contributed by atoms with E-state index in [1.165, 1.54) is 6.20 Å². The Hall–Kier alpha value is -1.25. The fraction of sp³-hybridized carbons (Fsp3) is 0.500. The first kappa shape index (κ1) is 10.3. The Labute approximate surface area is 88.5 Å². The molecule has 1 aromatic heterocycles. The van der Waals surface area contributed by atoms with Crippen molar-refractivity contribution in [3.8, 4) is 0 Å². The maximum absolute atomic E-state index is 13.4. The minimum Gasteiger partial charge on any atom is -0.300 e. The van der Waals surface area contributed by atoms with E-state index in [-0.39, 0.29) is 11.9 Å². The molecule has 1 unspecified atom stereocenters. The minimum atomic E-state index is -0.378.